The molecule has 156 valence electrons. The zero-order valence-corrected chi connectivity index (χ0v) is 17.1. The van der Waals surface area contributed by atoms with Gasteiger partial charge in [-0.05, 0) is 50.8 Å². The van der Waals surface area contributed by atoms with E-state index in [1.54, 1.807) is 0 Å². The fourth-order valence-electron chi connectivity index (χ4n) is 4.35. The Bertz CT molecular complexity index is 802. The lowest BCUT2D eigenvalue weighted by Gasteiger charge is -2.38. The van der Waals surface area contributed by atoms with Gasteiger partial charge in [0.15, 0.2) is 11.6 Å². The van der Waals surface area contributed by atoms with Crippen LogP contribution in [0.5, 0.6) is 0 Å². The van der Waals surface area contributed by atoms with Gasteiger partial charge in [0.1, 0.15) is 0 Å². The van der Waals surface area contributed by atoms with E-state index < -0.39 is 21.7 Å². The van der Waals surface area contributed by atoms with E-state index in [1.807, 2.05) is 11.8 Å². The van der Waals surface area contributed by atoms with Gasteiger partial charge in [0.25, 0.3) is 0 Å². The zero-order chi connectivity index (χ0) is 20.3. The van der Waals surface area contributed by atoms with Crippen LogP contribution in [0.4, 0.5) is 8.78 Å². The molecule has 0 atom stereocenters. The Morgan fingerprint density at radius 1 is 1.07 bits per heavy atom. The second-order valence-electron chi connectivity index (χ2n) is 7.67. The van der Waals surface area contributed by atoms with Gasteiger partial charge in [-0.3, -0.25) is 4.79 Å². The third kappa shape index (κ3) is 4.38. The summed E-state index contributed by atoms with van der Waals surface area (Å²) >= 11 is 0. The molecule has 1 amide bonds. The van der Waals surface area contributed by atoms with Crippen LogP contribution in [0.2, 0.25) is 0 Å². The van der Waals surface area contributed by atoms with Crippen LogP contribution in [-0.2, 0) is 14.8 Å². The number of carbonyl (C=O) groups is 1. The van der Waals surface area contributed by atoms with Gasteiger partial charge in [-0.1, -0.05) is 19.3 Å². The highest BCUT2D eigenvalue weighted by molar-refractivity contribution is 7.89. The number of rotatable bonds is 5. The Balaban J connectivity index is 1.64. The Morgan fingerprint density at radius 3 is 2.29 bits per heavy atom. The van der Waals surface area contributed by atoms with Crippen molar-refractivity contribution >= 4 is 15.9 Å². The molecule has 0 bridgehead atoms. The number of hydrogen-bond acceptors (Lipinski definition) is 3. The van der Waals surface area contributed by atoms with E-state index in [4.69, 9.17) is 0 Å². The molecule has 0 radical (unpaired) electrons. The summed E-state index contributed by atoms with van der Waals surface area (Å²) in [5.74, 6) is -2.32. The lowest BCUT2D eigenvalue weighted by atomic mass is 9.91. The van der Waals surface area contributed by atoms with Gasteiger partial charge in [-0.2, -0.15) is 4.31 Å². The monoisotopic (exact) mass is 414 g/mol. The SMILES string of the molecule is CCN(C(=O)C1CCN(S(=O)(=O)c2ccc(F)c(F)c2)CC1)C1CCCCC1. The Hall–Kier alpha value is -1.54. The van der Waals surface area contributed by atoms with Crippen molar-refractivity contribution in [3.8, 4) is 0 Å². The van der Waals surface area contributed by atoms with Crippen molar-refractivity contribution in [2.45, 2.75) is 62.8 Å². The molecule has 0 spiro atoms. The van der Waals surface area contributed by atoms with Crippen molar-refractivity contribution in [3.63, 3.8) is 0 Å². The summed E-state index contributed by atoms with van der Waals surface area (Å²) < 4.78 is 53.2. The van der Waals surface area contributed by atoms with Crippen LogP contribution in [-0.4, -0.2) is 49.2 Å². The number of carbonyl (C=O) groups excluding carboxylic acids is 1. The number of halogens is 2. The molecule has 0 unspecified atom stereocenters. The van der Waals surface area contributed by atoms with Crippen LogP contribution in [0.25, 0.3) is 0 Å². The van der Waals surface area contributed by atoms with Gasteiger partial charge >= 0.3 is 0 Å². The molecule has 1 aliphatic carbocycles. The molecule has 8 heteroatoms. The van der Waals surface area contributed by atoms with E-state index in [-0.39, 0.29) is 29.8 Å². The van der Waals surface area contributed by atoms with E-state index in [9.17, 15) is 22.0 Å². The Labute approximate surface area is 165 Å². The molecule has 0 N–H and O–H groups in total. The van der Waals surface area contributed by atoms with Crippen LogP contribution in [0.3, 0.4) is 0 Å². The molecule has 1 aromatic rings. The van der Waals surface area contributed by atoms with Crippen LogP contribution in [0, 0.1) is 17.6 Å². The minimum absolute atomic E-state index is 0.124. The normalized spacial score (nSPS) is 20.2. The third-order valence-electron chi connectivity index (χ3n) is 5.97. The number of nitrogens with zero attached hydrogens (tertiary/aromatic N) is 2. The molecule has 3 rings (SSSR count). The van der Waals surface area contributed by atoms with E-state index in [2.05, 4.69) is 0 Å². The van der Waals surface area contributed by atoms with E-state index in [1.165, 1.54) is 10.7 Å². The minimum atomic E-state index is -3.89. The molecule has 1 aliphatic heterocycles. The average molecular weight is 415 g/mol. The fourth-order valence-corrected chi connectivity index (χ4v) is 5.83. The number of benzene rings is 1. The summed E-state index contributed by atoms with van der Waals surface area (Å²) in [4.78, 5) is 14.7. The summed E-state index contributed by atoms with van der Waals surface area (Å²) in [6.07, 6.45) is 6.52. The highest BCUT2D eigenvalue weighted by atomic mass is 32.2. The maximum absolute atomic E-state index is 13.4. The summed E-state index contributed by atoms with van der Waals surface area (Å²) in [6.45, 7) is 3.09. The smallest absolute Gasteiger partial charge is 0.243 e. The molecule has 1 heterocycles. The lowest BCUT2D eigenvalue weighted by Crippen LogP contribution is -2.48. The first-order valence-corrected chi connectivity index (χ1v) is 11.5. The summed E-state index contributed by atoms with van der Waals surface area (Å²) in [5.41, 5.74) is 0. The molecule has 28 heavy (non-hydrogen) atoms. The molecule has 2 fully saturated rings. The largest absolute Gasteiger partial charge is 0.340 e. The molecule has 2 aliphatic rings. The zero-order valence-electron chi connectivity index (χ0n) is 16.2. The van der Waals surface area contributed by atoms with Gasteiger partial charge < -0.3 is 4.90 Å². The van der Waals surface area contributed by atoms with Crippen LogP contribution < -0.4 is 0 Å². The van der Waals surface area contributed by atoms with Crippen LogP contribution in [0.1, 0.15) is 51.9 Å². The average Bonchev–Trinajstić information content (AvgIpc) is 2.71. The van der Waals surface area contributed by atoms with Crippen molar-refractivity contribution in [1.29, 1.82) is 0 Å². The van der Waals surface area contributed by atoms with Gasteiger partial charge in [-0.25, -0.2) is 17.2 Å². The Kier molecular flexibility index (Phi) is 6.70. The second kappa shape index (κ2) is 8.86. The molecule has 5 nitrogen and oxygen atoms in total. The maximum atomic E-state index is 13.4. The first kappa shape index (κ1) is 21.2. The highest BCUT2D eigenvalue weighted by Gasteiger charge is 2.35. The number of piperidine rings is 1. The number of sulfonamides is 1. The van der Waals surface area contributed by atoms with Crippen LogP contribution >= 0.6 is 0 Å². The van der Waals surface area contributed by atoms with Gasteiger partial charge in [-0.15, -0.1) is 0 Å². The summed E-state index contributed by atoms with van der Waals surface area (Å²) in [7, 11) is -3.89. The van der Waals surface area contributed by atoms with E-state index >= 15 is 0 Å². The van der Waals surface area contributed by atoms with Crippen molar-refractivity contribution in [1.82, 2.24) is 9.21 Å². The molecular weight excluding hydrogens is 386 g/mol. The first-order chi connectivity index (χ1) is 13.3. The molecule has 1 saturated carbocycles. The third-order valence-corrected chi connectivity index (χ3v) is 7.87. The number of hydrogen-bond donors (Lipinski definition) is 0. The quantitative estimate of drug-likeness (QED) is 0.740. The van der Waals surface area contributed by atoms with Crippen molar-refractivity contribution in [2.24, 2.45) is 5.92 Å². The van der Waals surface area contributed by atoms with E-state index in [0.29, 0.717) is 31.5 Å². The van der Waals surface area contributed by atoms with Crippen molar-refractivity contribution < 1.29 is 22.0 Å². The lowest BCUT2D eigenvalue weighted by molar-refractivity contribution is -0.139. The molecule has 1 saturated heterocycles. The molecular formula is C20H28F2N2O3S. The highest BCUT2D eigenvalue weighted by Crippen LogP contribution is 2.29. The second-order valence-corrected chi connectivity index (χ2v) is 9.61. The summed E-state index contributed by atoms with van der Waals surface area (Å²) in [6, 6.07) is 2.91. The fraction of sp³-hybridized carbons (Fsp3) is 0.650. The van der Waals surface area contributed by atoms with Crippen molar-refractivity contribution in [2.75, 3.05) is 19.6 Å². The number of amides is 1. The molecule has 0 aromatic heterocycles. The van der Waals surface area contributed by atoms with Crippen molar-refractivity contribution in [3.05, 3.63) is 29.8 Å². The topological polar surface area (TPSA) is 57.7 Å². The minimum Gasteiger partial charge on any atom is -0.340 e. The maximum Gasteiger partial charge on any atom is 0.243 e. The standard InChI is InChI=1S/C20H28F2N2O3S/c1-2-24(16-6-4-3-5-7-16)20(25)15-10-12-23(13-11-15)28(26,27)17-8-9-18(21)19(22)14-17/h8-9,14-16H,2-7,10-13H2,1H3. The van der Waals surface area contributed by atoms with Gasteiger partial charge in [0.05, 0.1) is 4.90 Å². The Morgan fingerprint density at radius 2 is 1.71 bits per heavy atom. The predicted octanol–water partition coefficient (Wildman–Crippen LogP) is 3.55. The van der Waals surface area contributed by atoms with Gasteiger partial charge in [0.2, 0.25) is 15.9 Å². The predicted molar refractivity (Wildman–Crippen MR) is 102 cm³/mol. The molecule has 1 aromatic carbocycles. The van der Waals surface area contributed by atoms with Gasteiger partial charge in [0, 0.05) is 31.6 Å². The van der Waals surface area contributed by atoms with Crippen LogP contribution in [0.15, 0.2) is 23.1 Å². The van der Waals surface area contributed by atoms with E-state index in [0.717, 1.165) is 37.8 Å². The first-order valence-electron chi connectivity index (χ1n) is 10.1. The summed E-state index contributed by atoms with van der Waals surface area (Å²) in [5, 5.41) is 0.